The Morgan fingerprint density at radius 2 is 1.96 bits per heavy atom. The van der Waals surface area contributed by atoms with Crippen LogP contribution in [0.4, 0.5) is 0 Å². The standard InChI is InChI=1S/C19H27BrN4O/c1-6-21-18(22-11-17-24-13(2)14(3)25-17)23-12-19(4,5)15-9-7-8-10-16(15)20/h7-10H,6,11-12H2,1-5H3,(H2,21,22,23). The summed E-state index contributed by atoms with van der Waals surface area (Å²) in [4.78, 5) is 8.96. The van der Waals surface area contributed by atoms with Crippen molar-refractivity contribution >= 4 is 21.9 Å². The predicted octanol–water partition coefficient (Wildman–Crippen LogP) is 4.09. The summed E-state index contributed by atoms with van der Waals surface area (Å²) in [5.74, 6) is 2.24. The first-order chi connectivity index (χ1) is 11.8. The Hall–Kier alpha value is -1.82. The van der Waals surface area contributed by atoms with Gasteiger partial charge in [0.1, 0.15) is 12.3 Å². The third-order valence-corrected chi connectivity index (χ3v) is 4.78. The van der Waals surface area contributed by atoms with Crippen molar-refractivity contribution in [3.8, 4) is 0 Å². The lowest BCUT2D eigenvalue weighted by Gasteiger charge is -2.27. The van der Waals surface area contributed by atoms with Gasteiger partial charge in [-0.25, -0.2) is 9.98 Å². The maximum atomic E-state index is 5.59. The van der Waals surface area contributed by atoms with Gasteiger partial charge in [0.2, 0.25) is 5.89 Å². The number of oxazole rings is 1. The Kier molecular flexibility index (Phi) is 6.64. The first-order valence-corrected chi connectivity index (χ1v) is 9.33. The van der Waals surface area contributed by atoms with Crippen LogP contribution >= 0.6 is 15.9 Å². The zero-order valence-corrected chi connectivity index (χ0v) is 17.2. The number of aliphatic imine (C=N–C) groups is 1. The molecule has 0 saturated heterocycles. The van der Waals surface area contributed by atoms with Gasteiger partial charge < -0.3 is 15.1 Å². The predicted molar refractivity (Wildman–Crippen MR) is 106 cm³/mol. The van der Waals surface area contributed by atoms with E-state index >= 15 is 0 Å². The second kappa shape index (κ2) is 8.52. The molecule has 0 fully saturated rings. The molecule has 0 saturated carbocycles. The van der Waals surface area contributed by atoms with E-state index in [9.17, 15) is 0 Å². The van der Waals surface area contributed by atoms with E-state index in [0.29, 0.717) is 12.4 Å². The van der Waals surface area contributed by atoms with E-state index in [1.54, 1.807) is 0 Å². The van der Waals surface area contributed by atoms with Crippen molar-refractivity contribution in [2.45, 2.75) is 46.6 Å². The Labute approximate surface area is 158 Å². The third-order valence-electron chi connectivity index (χ3n) is 4.09. The van der Waals surface area contributed by atoms with Crippen molar-refractivity contribution in [2.75, 3.05) is 13.1 Å². The topological polar surface area (TPSA) is 62.5 Å². The normalized spacial score (nSPS) is 12.3. The van der Waals surface area contributed by atoms with Crippen LogP contribution in [-0.4, -0.2) is 24.0 Å². The zero-order valence-electron chi connectivity index (χ0n) is 15.6. The molecule has 2 aromatic rings. The number of guanidine groups is 1. The minimum Gasteiger partial charge on any atom is -0.444 e. The number of aryl methyl sites for hydroxylation is 2. The zero-order chi connectivity index (χ0) is 18.4. The molecule has 0 atom stereocenters. The molecule has 0 radical (unpaired) electrons. The highest BCUT2D eigenvalue weighted by Crippen LogP contribution is 2.29. The molecular formula is C19H27BrN4O. The third kappa shape index (κ3) is 5.33. The number of hydrogen-bond donors (Lipinski definition) is 2. The fourth-order valence-corrected chi connectivity index (χ4v) is 3.33. The molecule has 0 aliphatic carbocycles. The van der Waals surface area contributed by atoms with Gasteiger partial charge in [0.25, 0.3) is 0 Å². The van der Waals surface area contributed by atoms with Gasteiger partial charge in [0.05, 0.1) is 5.69 Å². The average molecular weight is 407 g/mol. The van der Waals surface area contributed by atoms with Gasteiger partial charge in [-0.05, 0) is 32.4 Å². The number of hydrogen-bond acceptors (Lipinski definition) is 3. The van der Waals surface area contributed by atoms with Crippen LogP contribution < -0.4 is 10.6 Å². The molecule has 0 unspecified atom stereocenters. The lowest BCUT2D eigenvalue weighted by Crippen LogP contribution is -2.43. The van der Waals surface area contributed by atoms with Crippen LogP contribution in [-0.2, 0) is 12.0 Å². The van der Waals surface area contributed by atoms with E-state index < -0.39 is 0 Å². The van der Waals surface area contributed by atoms with E-state index in [0.717, 1.165) is 35.0 Å². The molecule has 0 aliphatic heterocycles. The van der Waals surface area contributed by atoms with E-state index in [4.69, 9.17) is 4.42 Å². The number of halogens is 1. The van der Waals surface area contributed by atoms with Gasteiger partial charge in [-0.15, -0.1) is 0 Å². The van der Waals surface area contributed by atoms with Gasteiger partial charge in [0, 0.05) is 23.0 Å². The Bertz CT molecular complexity index is 717. The highest BCUT2D eigenvalue weighted by atomic mass is 79.9. The van der Waals surface area contributed by atoms with Crippen LogP contribution in [0, 0.1) is 13.8 Å². The first kappa shape index (κ1) is 19.5. The van der Waals surface area contributed by atoms with Crippen LogP contribution in [0.15, 0.2) is 38.1 Å². The maximum absolute atomic E-state index is 5.59. The van der Waals surface area contributed by atoms with Crippen LogP contribution in [0.3, 0.4) is 0 Å². The fraction of sp³-hybridized carbons (Fsp3) is 0.474. The van der Waals surface area contributed by atoms with Crippen LogP contribution in [0.1, 0.15) is 43.7 Å². The van der Waals surface area contributed by atoms with Crippen molar-refractivity contribution in [3.63, 3.8) is 0 Å². The highest BCUT2D eigenvalue weighted by molar-refractivity contribution is 9.10. The summed E-state index contributed by atoms with van der Waals surface area (Å²) in [6, 6.07) is 8.31. The highest BCUT2D eigenvalue weighted by Gasteiger charge is 2.23. The molecule has 0 amide bonds. The molecule has 2 rings (SSSR count). The number of benzene rings is 1. The van der Waals surface area contributed by atoms with Crippen molar-refractivity contribution in [1.82, 2.24) is 15.6 Å². The van der Waals surface area contributed by atoms with Crippen LogP contribution in [0.2, 0.25) is 0 Å². The molecule has 2 N–H and O–H groups in total. The summed E-state index contributed by atoms with van der Waals surface area (Å²) < 4.78 is 6.71. The lowest BCUT2D eigenvalue weighted by molar-refractivity contribution is 0.471. The number of nitrogens with one attached hydrogen (secondary N) is 2. The largest absolute Gasteiger partial charge is 0.444 e. The van der Waals surface area contributed by atoms with E-state index in [1.807, 2.05) is 19.9 Å². The maximum Gasteiger partial charge on any atom is 0.216 e. The molecule has 5 nitrogen and oxygen atoms in total. The molecule has 1 heterocycles. The molecule has 136 valence electrons. The molecular weight excluding hydrogens is 380 g/mol. The average Bonchev–Trinajstić information content (AvgIpc) is 2.88. The molecule has 1 aromatic heterocycles. The summed E-state index contributed by atoms with van der Waals surface area (Å²) in [5, 5.41) is 6.70. The minimum absolute atomic E-state index is 0.0492. The van der Waals surface area contributed by atoms with Crippen molar-refractivity contribution in [2.24, 2.45) is 4.99 Å². The van der Waals surface area contributed by atoms with Gasteiger partial charge >= 0.3 is 0 Å². The summed E-state index contributed by atoms with van der Waals surface area (Å²) >= 11 is 3.65. The van der Waals surface area contributed by atoms with Crippen molar-refractivity contribution in [1.29, 1.82) is 0 Å². The molecule has 0 bridgehead atoms. The SMILES string of the molecule is CCNC(=NCc1nc(C)c(C)o1)NCC(C)(C)c1ccccc1Br. The monoisotopic (exact) mass is 406 g/mol. The summed E-state index contributed by atoms with van der Waals surface area (Å²) in [6.45, 7) is 12.3. The smallest absolute Gasteiger partial charge is 0.216 e. The number of aromatic nitrogens is 1. The molecule has 0 spiro atoms. The number of rotatable bonds is 6. The Morgan fingerprint density at radius 3 is 2.56 bits per heavy atom. The lowest BCUT2D eigenvalue weighted by atomic mass is 9.84. The van der Waals surface area contributed by atoms with E-state index in [2.05, 4.69) is 75.5 Å². The number of nitrogens with zero attached hydrogens (tertiary/aromatic N) is 2. The molecule has 1 aromatic carbocycles. The van der Waals surface area contributed by atoms with Gasteiger partial charge in [-0.2, -0.15) is 0 Å². The van der Waals surface area contributed by atoms with Crippen molar-refractivity contribution in [3.05, 3.63) is 51.6 Å². The van der Waals surface area contributed by atoms with Crippen molar-refractivity contribution < 1.29 is 4.42 Å². The second-order valence-corrected chi connectivity index (χ2v) is 7.52. The van der Waals surface area contributed by atoms with Gasteiger partial charge in [0.15, 0.2) is 5.96 Å². The summed E-state index contributed by atoms with van der Waals surface area (Å²) in [6.07, 6.45) is 0. The Morgan fingerprint density at radius 1 is 1.24 bits per heavy atom. The summed E-state index contributed by atoms with van der Waals surface area (Å²) in [7, 11) is 0. The Balaban J connectivity index is 2.05. The van der Waals surface area contributed by atoms with E-state index in [-0.39, 0.29) is 5.41 Å². The van der Waals surface area contributed by atoms with Gasteiger partial charge in [-0.3, -0.25) is 0 Å². The quantitative estimate of drug-likeness (QED) is 0.560. The van der Waals surface area contributed by atoms with E-state index in [1.165, 1.54) is 5.56 Å². The van der Waals surface area contributed by atoms with Crippen LogP contribution in [0.25, 0.3) is 0 Å². The molecule has 0 aliphatic rings. The van der Waals surface area contributed by atoms with Gasteiger partial charge in [-0.1, -0.05) is 48.0 Å². The van der Waals surface area contributed by atoms with Crippen LogP contribution in [0.5, 0.6) is 0 Å². The molecule has 6 heteroatoms. The molecule has 25 heavy (non-hydrogen) atoms. The fourth-order valence-electron chi connectivity index (χ4n) is 2.51. The summed E-state index contributed by atoms with van der Waals surface area (Å²) in [5.41, 5.74) is 2.13. The first-order valence-electron chi connectivity index (χ1n) is 8.53. The second-order valence-electron chi connectivity index (χ2n) is 6.66. The minimum atomic E-state index is -0.0492.